The van der Waals surface area contributed by atoms with Crippen LogP contribution in [0.3, 0.4) is 0 Å². The number of nitrogens with zero attached hydrogens (tertiary/aromatic N) is 1. The quantitative estimate of drug-likeness (QED) is 0.738. The van der Waals surface area contributed by atoms with Crippen molar-refractivity contribution in [2.24, 2.45) is 0 Å². The second-order valence-corrected chi connectivity index (χ2v) is 5.84. The number of aryl methyl sites for hydroxylation is 1. The molecule has 2 amide bonds. The lowest BCUT2D eigenvalue weighted by Crippen LogP contribution is -2.32. The fourth-order valence-electron chi connectivity index (χ4n) is 2.58. The van der Waals surface area contributed by atoms with Crippen LogP contribution in [-0.4, -0.2) is 25.9 Å². The van der Waals surface area contributed by atoms with Gasteiger partial charge >= 0.3 is 6.03 Å². The van der Waals surface area contributed by atoms with Crippen LogP contribution in [0, 0.1) is 13.8 Å². The molecule has 0 spiro atoms. The summed E-state index contributed by atoms with van der Waals surface area (Å²) in [5.41, 5.74) is 4.14. The first-order valence-electron chi connectivity index (χ1n) is 8.64. The minimum Gasteiger partial charge on any atom is -0.473 e. The molecule has 0 aliphatic carbocycles. The van der Waals surface area contributed by atoms with Gasteiger partial charge < -0.3 is 20.3 Å². The van der Waals surface area contributed by atoms with E-state index in [1.165, 1.54) is 0 Å². The second-order valence-electron chi connectivity index (χ2n) is 5.84. The molecule has 0 heterocycles. The fourth-order valence-corrected chi connectivity index (χ4v) is 2.58. The molecule has 0 unspecified atom stereocenters. The average molecular weight is 341 g/mol. The van der Waals surface area contributed by atoms with E-state index in [0.717, 1.165) is 41.3 Å². The number of hydrogen-bond donors (Lipinski definition) is 2. The number of anilines is 2. The molecule has 0 saturated heterocycles. The van der Waals surface area contributed by atoms with Gasteiger partial charge in [0.05, 0.1) is 0 Å². The average Bonchev–Trinajstić information content (AvgIpc) is 2.61. The summed E-state index contributed by atoms with van der Waals surface area (Å²) in [4.78, 5) is 14.2. The van der Waals surface area contributed by atoms with E-state index in [4.69, 9.17) is 4.74 Å². The summed E-state index contributed by atoms with van der Waals surface area (Å²) in [6, 6.07) is 13.4. The number of ether oxygens (including phenoxy) is 1. The molecule has 0 bridgehead atoms. The summed E-state index contributed by atoms with van der Waals surface area (Å²) in [5, 5.41) is 5.51. The second kappa shape index (κ2) is 8.97. The Balaban J connectivity index is 1.83. The SMILES string of the molecule is CCN(CC)c1ccc(NC(=O)NCOc2cccc(C)c2C)cc1. The van der Waals surface area contributed by atoms with Crippen molar-refractivity contribution in [1.29, 1.82) is 0 Å². The topological polar surface area (TPSA) is 53.6 Å². The first kappa shape index (κ1) is 18.6. The summed E-state index contributed by atoms with van der Waals surface area (Å²) in [6.07, 6.45) is 0. The van der Waals surface area contributed by atoms with Gasteiger partial charge in [-0.25, -0.2) is 4.79 Å². The van der Waals surface area contributed by atoms with Crippen LogP contribution in [0.25, 0.3) is 0 Å². The lowest BCUT2D eigenvalue weighted by atomic mass is 10.1. The highest BCUT2D eigenvalue weighted by Crippen LogP contribution is 2.20. The molecule has 0 saturated carbocycles. The molecule has 0 fully saturated rings. The first-order chi connectivity index (χ1) is 12.0. The number of carbonyl (C=O) groups is 1. The van der Waals surface area contributed by atoms with Crippen LogP contribution in [0.1, 0.15) is 25.0 Å². The molecule has 2 rings (SSSR count). The monoisotopic (exact) mass is 341 g/mol. The van der Waals surface area contributed by atoms with Crippen LogP contribution in [-0.2, 0) is 0 Å². The van der Waals surface area contributed by atoms with Crippen LogP contribution < -0.4 is 20.3 Å². The van der Waals surface area contributed by atoms with Gasteiger partial charge in [-0.15, -0.1) is 0 Å². The maximum atomic E-state index is 12.0. The molecule has 2 N–H and O–H groups in total. The van der Waals surface area contributed by atoms with E-state index in [9.17, 15) is 4.79 Å². The Morgan fingerprint density at radius 3 is 2.36 bits per heavy atom. The van der Waals surface area contributed by atoms with E-state index in [1.807, 2.05) is 56.3 Å². The van der Waals surface area contributed by atoms with E-state index in [1.54, 1.807) is 0 Å². The lowest BCUT2D eigenvalue weighted by Gasteiger charge is -2.21. The number of rotatable bonds is 7. The third-order valence-corrected chi connectivity index (χ3v) is 4.27. The number of amides is 2. The van der Waals surface area contributed by atoms with Gasteiger partial charge in [-0.05, 0) is 69.2 Å². The van der Waals surface area contributed by atoms with E-state index >= 15 is 0 Å². The number of hydrogen-bond acceptors (Lipinski definition) is 3. The Morgan fingerprint density at radius 1 is 1.04 bits per heavy atom. The maximum absolute atomic E-state index is 12.0. The van der Waals surface area contributed by atoms with Crippen LogP contribution in [0.2, 0.25) is 0 Å². The van der Waals surface area contributed by atoms with Gasteiger partial charge in [0.1, 0.15) is 5.75 Å². The van der Waals surface area contributed by atoms with Crippen molar-refractivity contribution in [3.63, 3.8) is 0 Å². The van der Waals surface area contributed by atoms with Crippen LogP contribution in [0.4, 0.5) is 16.2 Å². The Hall–Kier alpha value is -2.69. The number of urea groups is 1. The molecule has 0 aromatic heterocycles. The predicted octanol–water partition coefficient (Wildman–Crippen LogP) is 4.31. The van der Waals surface area contributed by atoms with Crippen molar-refractivity contribution in [1.82, 2.24) is 5.32 Å². The maximum Gasteiger partial charge on any atom is 0.321 e. The van der Waals surface area contributed by atoms with Crippen LogP contribution in [0.15, 0.2) is 42.5 Å². The highest BCUT2D eigenvalue weighted by molar-refractivity contribution is 5.89. The van der Waals surface area contributed by atoms with E-state index < -0.39 is 0 Å². The third-order valence-electron chi connectivity index (χ3n) is 4.27. The van der Waals surface area contributed by atoms with Crippen LogP contribution in [0.5, 0.6) is 5.75 Å². The standard InChI is InChI=1S/C20H27N3O2/c1-5-23(6-2)18-12-10-17(11-13-18)22-20(24)21-14-25-19-9-7-8-15(3)16(19)4/h7-13H,5-6,14H2,1-4H3,(H2,21,22,24). The zero-order chi connectivity index (χ0) is 18.2. The zero-order valence-corrected chi connectivity index (χ0v) is 15.4. The highest BCUT2D eigenvalue weighted by Gasteiger charge is 2.05. The molecular formula is C20H27N3O2. The van der Waals surface area contributed by atoms with Crippen molar-refractivity contribution in [3.8, 4) is 5.75 Å². The van der Waals surface area contributed by atoms with E-state index in [2.05, 4.69) is 29.4 Å². The molecule has 2 aromatic carbocycles. The Labute approximate surface area is 150 Å². The summed E-state index contributed by atoms with van der Waals surface area (Å²) < 4.78 is 5.63. The van der Waals surface area contributed by atoms with Gasteiger partial charge in [0.2, 0.25) is 0 Å². The molecule has 0 aliphatic rings. The first-order valence-corrected chi connectivity index (χ1v) is 8.64. The van der Waals surface area contributed by atoms with Gasteiger partial charge in [-0.3, -0.25) is 0 Å². The normalized spacial score (nSPS) is 10.2. The summed E-state index contributed by atoms with van der Waals surface area (Å²) >= 11 is 0. The van der Waals surface area contributed by atoms with Gasteiger partial charge in [-0.1, -0.05) is 12.1 Å². The fraction of sp³-hybridized carbons (Fsp3) is 0.350. The van der Waals surface area contributed by atoms with Crippen molar-refractivity contribution in [2.75, 3.05) is 30.0 Å². The smallest absolute Gasteiger partial charge is 0.321 e. The molecule has 0 aliphatic heterocycles. The highest BCUT2D eigenvalue weighted by atomic mass is 16.5. The van der Waals surface area contributed by atoms with Gasteiger partial charge in [0.25, 0.3) is 0 Å². The summed E-state index contributed by atoms with van der Waals surface area (Å²) in [6.45, 7) is 10.3. The predicted molar refractivity (Wildman–Crippen MR) is 104 cm³/mol. The Morgan fingerprint density at radius 2 is 1.72 bits per heavy atom. The van der Waals surface area contributed by atoms with Crippen molar-refractivity contribution in [3.05, 3.63) is 53.6 Å². The van der Waals surface area contributed by atoms with Gasteiger partial charge in [0, 0.05) is 24.5 Å². The zero-order valence-electron chi connectivity index (χ0n) is 15.4. The number of carbonyl (C=O) groups excluding carboxylic acids is 1. The molecular weight excluding hydrogens is 314 g/mol. The van der Waals surface area contributed by atoms with Crippen molar-refractivity contribution >= 4 is 17.4 Å². The van der Waals surface area contributed by atoms with Crippen LogP contribution >= 0.6 is 0 Å². The molecule has 5 heteroatoms. The third kappa shape index (κ3) is 5.14. The molecule has 2 aromatic rings. The number of nitrogens with one attached hydrogen (secondary N) is 2. The molecule has 25 heavy (non-hydrogen) atoms. The van der Waals surface area contributed by atoms with Gasteiger partial charge in [0.15, 0.2) is 6.73 Å². The van der Waals surface area contributed by atoms with Gasteiger partial charge in [-0.2, -0.15) is 0 Å². The minimum atomic E-state index is -0.291. The van der Waals surface area contributed by atoms with E-state index in [-0.39, 0.29) is 12.8 Å². The number of benzene rings is 2. The summed E-state index contributed by atoms with van der Waals surface area (Å²) in [7, 11) is 0. The molecule has 134 valence electrons. The van der Waals surface area contributed by atoms with Crippen molar-refractivity contribution in [2.45, 2.75) is 27.7 Å². The molecule has 0 atom stereocenters. The van der Waals surface area contributed by atoms with Crippen molar-refractivity contribution < 1.29 is 9.53 Å². The Bertz CT molecular complexity index is 695. The molecule has 0 radical (unpaired) electrons. The Kier molecular flexibility index (Phi) is 6.69. The largest absolute Gasteiger partial charge is 0.473 e. The van der Waals surface area contributed by atoms with E-state index in [0.29, 0.717) is 0 Å². The molecule has 5 nitrogen and oxygen atoms in total. The lowest BCUT2D eigenvalue weighted by molar-refractivity contribution is 0.234. The minimum absolute atomic E-state index is 0.119. The summed E-state index contributed by atoms with van der Waals surface area (Å²) in [5.74, 6) is 0.781.